The zero-order valence-corrected chi connectivity index (χ0v) is 20.1. The van der Waals surface area contributed by atoms with E-state index in [9.17, 15) is 9.59 Å². The van der Waals surface area contributed by atoms with Crippen molar-refractivity contribution in [3.05, 3.63) is 58.6 Å². The number of carbonyl (C=O) groups is 2. The SMILES string of the molecule is Cn1c(C(=O)N2CCC(C(=O)NCCCN3CCc4ccccc4C3)CC2)cc2sccc21. The van der Waals surface area contributed by atoms with Gasteiger partial charge in [-0.25, -0.2) is 0 Å². The summed E-state index contributed by atoms with van der Waals surface area (Å²) in [4.78, 5) is 30.1. The van der Waals surface area contributed by atoms with E-state index in [4.69, 9.17) is 0 Å². The number of aromatic nitrogens is 1. The maximum Gasteiger partial charge on any atom is 0.270 e. The van der Waals surface area contributed by atoms with Gasteiger partial charge in [-0.3, -0.25) is 14.5 Å². The van der Waals surface area contributed by atoms with Crippen molar-refractivity contribution in [3.63, 3.8) is 0 Å². The van der Waals surface area contributed by atoms with Gasteiger partial charge in [0, 0.05) is 52.2 Å². The van der Waals surface area contributed by atoms with Gasteiger partial charge in [0.2, 0.25) is 5.91 Å². The average molecular weight is 465 g/mol. The number of fused-ring (bicyclic) bond motifs is 2. The summed E-state index contributed by atoms with van der Waals surface area (Å²) in [5, 5.41) is 5.19. The minimum absolute atomic E-state index is 0.00724. The highest BCUT2D eigenvalue weighted by Gasteiger charge is 2.29. The maximum atomic E-state index is 13.0. The van der Waals surface area contributed by atoms with E-state index in [1.54, 1.807) is 11.3 Å². The number of likely N-dealkylation sites (tertiary alicyclic amines) is 1. The lowest BCUT2D eigenvalue weighted by Gasteiger charge is -2.31. The summed E-state index contributed by atoms with van der Waals surface area (Å²) in [6.45, 7) is 5.12. The lowest BCUT2D eigenvalue weighted by atomic mass is 9.95. The fourth-order valence-corrected chi connectivity index (χ4v) is 6.01. The van der Waals surface area contributed by atoms with Crippen LogP contribution in [-0.4, -0.2) is 58.9 Å². The Hall–Kier alpha value is -2.64. The first-order valence-electron chi connectivity index (χ1n) is 12.0. The van der Waals surface area contributed by atoms with Gasteiger partial charge in [0.1, 0.15) is 5.69 Å². The second-order valence-electron chi connectivity index (χ2n) is 9.26. The van der Waals surface area contributed by atoms with Gasteiger partial charge < -0.3 is 14.8 Å². The molecule has 0 atom stereocenters. The summed E-state index contributed by atoms with van der Waals surface area (Å²) in [6, 6.07) is 12.7. The van der Waals surface area contributed by atoms with E-state index < -0.39 is 0 Å². The van der Waals surface area contributed by atoms with Crippen LogP contribution >= 0.6 is 11.3 Å². The molecule has 1 N–H and O–H groups in total. The maximum absolute atomic E-state index is 13.0. The number of benzene rings is 1. The number of nitrogens with one attached hydrogen (secondary N) is 1. The summed E-state index contributed by atoms with van der Waals surface area (Å²) in [6.07, 6.45) is 3.55. The number of aryl methyl sites for hydroxylation is 1. The van der Waals surface area contributed by atoms with E-state index in [-0.39, 0.29) is 17.7 Å². The van der Waals surface area contributed by atoms with E-state index in [0.717, 1.165) is 67.8 Å². The number of piperidine rings is 1. The number of rotatable bonds is 6. The van der Waals surface area contributed by atoms with Crippen LogP contribution in [0.25, 0.3) is 10.2 Å². The van der Waals surface area contributed by atoms with Gasteiger partial charge in [-0.1, -0.05) is 24.3 Å². The summed E-state index contributed by atoms with van der Waals surface area (Å²) >= 11 is 1.66. The highest BCUT2D eigenvalue weighted by molar-refractivity contribution is 7.17. The first-order chi connectivity index (χ1) is 16.1. The van der Waals surface area contributed by atoms with E-state index in [1.807, 2.05) is 22.6 Å². The first kappa shape index (κ1) is 22.2. The van der Waals surface area contributed by atoms with Crippen molar-refractivity contribution in [2.45, 2.75) is 32.2 Å². The fraction of sp³-hybridized carbons (Fsp3) is 0.462. The lowest BCUT2D eigenvalue weighted by Crippen LogP contribution is -2.43. The number of hydrogen-bond donors (Lipinski definition) is 1. The Morgan fingerprint density at radius 2 is 1.88 bits per heavy atom. The zero-order valence-electron chi connectivity index (χ0n) is 19.3. The molecule has 33 heavy (non-hydrogen) atoms. The molecule has 3 aromatic rings. The Labute approximate surface area is 199 Å². The summed E-state index contributed by atoms with van der Waals surface area (Å²) < 4.78 is 3.12. The molecule has 174 valence electrons. The molecule has 1 fully saturated rings. The van der Waals surface area contributed by atoms with Crippen molar-refractivity contribution in [1.29, 1.82) is 0 Å². The van der Waals surface area contributed by atoms with Crippen LogP contribution in [0.15, 0.2) is 41.8 Å². The molecular formula is C26H32N4O2S. The van der Waals surface area contributed by atoms with E-state index >= 15 is 0 Å². The first-order valence-corrected chi connectivity index (χ1v) is 12.9. The average Bonchev–Trinajstić information content (AvgIpc) is 3.44. The van der Waals surface area contributed by atoms with Crippen molar-refractivity contribution in [2.75, 3.05) is 32.7 Å². The van der Waals surface area contributed by atoms with Gasteiger partial charge in [0.25, 0.3) is 5.91 Å². The van der Waals surface area contributed by atoms with Crippen LogP contribution in [0.4, 0.5) is 0 Å². The van der Waals surface area contributed by atoms with Gasteiger partial charge in [0.05, 0.1) is 10.2 Å². The van der Waals surface area contributed by atoms with Crippen LogP contribution in [0, 0.1) is 5.92 Å². The Bertz CT molecular complexity index is 1140. The summed E-state index contributed by atoms with van der Waals surface area (Å²) in [5.74, 6) is 0.223. The Morgan fingerprint density at radius 1 is 1.09 bits per heavy atom. The monoisotopic (exact) mass is 464 g/mol. The van der Waals surface area contributed by atoms with Crippen LogP contribution in [0.5, 0.6) is 0 Å². The van der Waals surface area contributed by atoms with Crippen LogP contribution in [0.3, 0.4) is 0 Å². The fourth-order valence-electron chi connectivity index (χ4n) is 5.17. The van der Waals surface area contributed by atoms with Crippen LogP contribution < -0.4 is 5.32 Å². The molecule has 6 nitrogen and oxygen atoms in total. The molecule has 1 saturated heterocycles. The lowest BCUT2D eigenvalue weighted by molar-refractivity contribution is -0.126. The van der Waals surface area contributed by atoms with Crippen molar-refractivity contribution in [1.82, 2.24) is 19.7 Å². The smallest absolute Gasteiger partial charge is 0.270 e. The molecule has 5 rings (SSSR count). The normalized spacial score (nSPS) is 17.3. The molecule has 2 amide bonds. The second-order valence-corrected chi connectivity index (χ2v) is 10.2. The van der Waals surface area contributed by atoms with Crippen molar-refractivity contribution in [2.24, 2.45) is 13.0 Å². The molecule has 7 heteroatoms. The Kier molecular flexibility index (Phi) is 6.51. The minimum Gasteiger partial charge on any atom is -0.356 e. The number of hydrogen-bond acceptors (Lipinski definition) is 4. The van der Waals surface area contributed by atoms with Crippen LogP contribution in [-0.2, 0) is 24.8 Å². The molecule has 4 heterocycles. The molecule has 0 unspecified atom stereocenters. The van der Waals surface area contributed by atoms with Crippen molar-refractivity contribution < 1.29 is 9.59 Å². The number of thiophene rings is 1. The highest BCUT2D eigenvalue weighted by atomic mass is 32.1. The Morgan fingerprint density at radius 3 is 2.67 bits per heavy atom. The second kappa shape index (κ2) is 9.69. The van der Waals surface area contributed by atoms with Gasteiger partial charge in [0.15, 0.2) is 0 Å². The van der Waals surface area contributed by atoms with Gasteiger partial charge in [-0.2, -0.15) is 0 Å². The van der Waals surface area contributed by atoms with E-state index in [0.29, 0.717) is 13.1 Å². The van der Waals surface area contributed by atoms with E-state index in [1.165, 1.54) is 11.1 Å². The highest BCUT2D eigenvalue weighted by Crippen LogP contribution is 2.26. The van der Waals surface area contributed by atoms with Gasteiger partial charge in [-0.15, -0.1) is 11.3 Å². The summed E-state index contributed by atoms with van der Waals surface area (Å²) in [7, 11) is 1.95. The van der Waals surface area contributed by atoms with Crippen molar-refractivity contribution >= 4 is 33.4 Å². The topological polar surface area (TPSA) is 57.6 Å². The molecule has 2 aromatic heterocycles. The molecule has 0 bridgehead atoms. The number of amides is 2. The minimum atomic E-state index is 0.00724. The third kappa shape index (κ3) is 4.70. The van der Waals surface area contributed by atoms with E-state index in [2.05, 4.69) is 45.9 Å². The molecule has 2 aliphatic heterocycles. The zero-order chi connectivity index (χ0) is 22.8. The van der Waals surface area contributed by atoms with Gasteiger partial charge >= 0.3 is 0 Å². The number of nitrogens with zero attached hydrogens (tertiary/aromatic N) is 3. The third-order valence-electron chi connectivity index (χ3n) is 7.20. The molecule has 0 spiro atoms. The quantitative estimate of drug-likeness (QED) is 0.567. The van der Waals surface area contributed by atoms with Crippen LogP contribution in [0.1, 0.15) is 40.9 Å². The van der Waals surface area contributed by atoms with Crippen molar-refractivity contribution in [3.8, 4) is 0 Å². The molecule has 2 aliphatic rings. The summed E-state index contributed by atoms with van der Waals surface area (Å²) in [5.41, 5.74) is 4.74. The molecule has 0 radical (unpaired) electrons. The predicted octanol–water partition coefficient (Wildman–Crippen LogP) is 3.66. The largest absolute Gasteiger partial charge is 0.356 e. The van der Waals surface area contributed by atoms with Crippen LogP contribution in [0.2, 0.25) is 0 Å². The molecular weight excluding hydrogens is 432 g/mol. The molecule has 0 aliphatic carbocycles. The van der Waals surface area contributed by atoms with Gasteiger partial charge in [-0.05, 0) is 54.3 Å². The molecule has 1 aromatic carbocycles. The standard InChI is InChI=1S/C26H32N4O2S/c1-28-22-10-16-33-24(22)17-23(28)26(32)30-14-8-20(9-15-30)25(31)27-11-4-12-29-13-7-19-5-2-3-6-21(19)18-29/h2-3,5-6,10,16-17,20H,4,7-9,11-15,18H2,1H3,(H,27,31). The third-order valence-corrected chi connectivity index (χ3v) is 8.05. The molecule has 0 saturated carbocycles. The Balaban J connectivity index is 1.04. The number of carbonyl (C=O) groups excluding carboxylic acids is 2. The predicted molar refractivity (Wildman–Crippen MR) is 132 cm³/mol.